The SMILES string of the molecule is Cc1nc(N2CCCC2)ccc1NC(=O)N1CCN(c2nc(N)nc3scnc23)C(C)C1. The third-order valence-electron chi connectivity index (χ3n) is 6.13. The number of aromatic nitrogens is 4. The standard InChI is InChI=1S/C21H27N9OS/c1-13-11-29(9-10-30(13)18-17-19(32-12-23-17)27-20(22)26-18)21(31)25-15-5-6-16(24-14(15)2)28-7-3-4-8-28/h5-6,12-13H,3-4,7-11H2,1-2H3,(H,25,31)(H2,22,26,27). The van der Waals surface area contributed by atoms with E-state index in [-0.39, 0.29) is 18.0 Å². The molecule has 0 aliphatic carbocycles. The van der Waals surface area contributed by atoms with Gasteiger partial charge in [0.2, 0.25) is 5.95 Å². The fourth-order valence-corrected chi connectivity index (χ4v) is 5.08. The Morgan fingerprint density at radius 3 is 2.72 bits per heavy atom. The number of nitrogens with two attached hydrogens (primary N) is 1. The van der Waals surface area contributed by atoms with Crippen molar-refractivity contribution in [3.8, 4) is 0 Å². The number of aryl methyl sites for hydroxylation is 1. The lowest BCUT2D eigenvalue weighted by Crippen LogP contribution is -2.55. The van der Waals surface area contributed by atoms with Crippen molar-refractivity contribution in [2.45, 2.75) is 32.7 Å². The van der Waals surface area contributed by atoms with Crippen molar-refractivity contribution in [2.75, 3.05) is 53.6 Å². The lowest BCUT2D eigenvalue weighted by atomic mass is 10.2. The van der Waals surface area contributed by atoms with Gasteiger partial charge in [-0.3, -0.25) is 0 Å². The van der Waals surface area contributed by atoms with Crippen LogP contribution < -0.4 is 20.9 Å². The van der Waals surface area contributed by atoms with E-state index in [1.807, 2.05) is 24.0 Å². The topological polar surface area (TPSA) is 116 Å². The molecule has 5 heterocycles. The summed E-state index contributed by atoms with van der Waals surface area (Å²) in [7, 11) is 0. The highest BCUT2D eigenvalue weighted by Crippen LogP contribution is 2.29. The van der Waals surface area contributed by atoms with Crippen LogP contribution in [0.2, 0.25) is 0 Å². The summed E-state index contributed by atoms with van der Waals surface area (Å²) in [6, 6.07) is 3.89. The van der Waals surface area contributed by atoms with Crippen LogP contribution in [0.15, 0.2) is 17.6 Å². The minimum Gasteiger partial charge on any atom is -0.368 e. The van der Waals surface area contributed by atoms with Crippen LogP contribution in [0.4, 0.5) is 28.1 Å². The van der Waals surface area contributed by atoms with E-state index in [1.165, 1.54) is 24.2 Å². The molecule has 0 saturated carbocycles. The molecule has 2 amide bonds. The molecule has 3 N–H and O–H groups in total. The molecule has 5 rings (SSSR count). The Labute approximate surface area is 190 Å². The minimum atomic E-state index is -0.115. The number of urea groups is 1. The second-order valence-electron chi connectivity index (χ2n) is 8.33. The average Bonchev–Trinajstić information content (AvgIpc) is 3.46. The number of carbonyl (C=O) groups excluding carboxylic acids is 1. The molecule has 3 aromatic rings. The maximum atomic E-state index is 13.0. The number of nitrogen functional groups attached to an aromatic ring is 1. The van der Waals surface area contributed by atoms with Crippen molar-refractivity contribution < 1.29 is 4.79 Å². The Bertz CT molecular complexity index is 1140. The zero-order valence-electron chi connectivity index (χ0n) is 18.3. The molecule has 0 radical (unpaired) electrons. The fraction of sp³-hybridized carbons (Fsp3) is 0.476. The Morgan fingerprint density at radius 1 is 1.16 bits per heavy atom. The smallest absolute Gasteiger partial charge is 0.322 e. The predicted octanol–water partition coefficient (Wildman–Crippen LogP) is 2.71. The van der Waals surface area contributed by atoms with E-state index >= 15 is 0 Å². The summed E-state index contributed by atoms with van der Waals surface area (Å²) in [6.45, 7) is 7.89. The molecule has 168 valence electrons. The monoisotopic (exact) mass is 453 g/mol. The zero-order chi connectivity index (χ0) is 22.2. The summed E-state index contributed by atoms with van der Waals surface area (Å²) in [5, 5.41) is 3.04. The number of carbonyl (C=O) groups is 1. The van der Waals surface area contributed by atoms with Gasteiger partial charge in [0, 0.05) is 38.8 Å². The van der Waals surface area contributed by atoms with Crippen LogP contribution in [0.3, 0.4) is 0 Å². The molecule has 2 fully saturated rings. The normalized spacial score (nSPS) is 19.1. The largest absolute Gasteiger partial charge is 0.368 e. The van der Waals surface area contributed by atoms with E-state index in [0.29, 0.717) is 19.6 Å². The quantitative estimate of drug-likeness (QED) is 0.622. The number of hydrogen-bond acceptors (Lipinski definition) is 9. The minimum absolute atomic E-state index is 0.0606. The third kappa shape index (κ3) is 3.88. The highest BCUT2D eigenvalue weighted by Gasteiger charge is 2.30. The lowest BCUT2D eigenvalue weighted by Gasteiger charge is -2.40. The second-order valence-corrected chi connectivity index (χ2v) is 9.16. The first-order chi connectivity index (χ1) is 15.5. The lowest BCUT2D eigenvalue weighted by molar-refractivity contribution is 0.200. The number of rotatable bonds is 3. The van der Waals surface area contributed by atoms with E-state index in [4.69, 9.17) is 10.7 Å². The van der Waals surface area contributed by atoms with Gasteiger partial charge in [-0.25, -0.2) is 19.7 Å². The highest BCUT2D eigenvalue weighted by atomic mass is 32.1. The maximum absolute atomic E-state index is 13.0. The highest BCUT2D eigenvalue weighted by molar-refractivity contribution is 7.16. The Morgan fingerprint density at radius 2 is 1.97 bits per heavy atom. The van der Waals surface area contributed by atoms with Gasteiger partial charge in [0.05, 0.1) is 16.9 Å². The van der Waals surface area contributed by atoms with Crippen molar-refractivity contribution in [3.63, 3.8) is 0 Å². The van der Waals surface area contributed by atoms with Gasteiger partial charge in [-0.1, -0.05) is 0 Å². The van der Waals surface area contributed by atoms with Crippen molar-refractivity contribution in [1.29, 1.82) is 0 Å². The average molecular weight is 454 g/mol. The summed E-state index contributed by atoms with van der Waals surface area (Å²) in [4.78, 5) is 37.9. The second kappa shape index (κ2) is 8.38. The molecule has 32 heavy (non-hydrogen) atoms. The number of thiazole rings is 1. The van der Waals surface area contributed by atoms with E-state index in [1.54, 1.807) is 5.51 Å². The first kappa shape index (κ1) is 20.7. The summed E-state index contributed by atoms with van der Waals surface area (Å²) < 4.78 is 0. The number of hydrogen-bond donors (Lipinski definition) is 2. The van der Waals surface area contributed by atoms with Crippen LogP contribution >= 0.6 is 11.3 Å². The van der Waals surface area contributed by atoms with Crippen molar-refractivity contribution in [2.24, 2.45) is 0 Å². The summed E-state index contributed by atoms with van der Waals surface area (Å²) in [5.41, 5.74) is 10.00. The first-order valence-corrected chi connectivity index (χ1v) is 11.8. The van der Waals surface area contributed by atoms with Crippen LogP contribution in [0.25, 0.3) is 10.3 Å². The van der Waals surface area contributed by atoms with Crippen LogP contribution in [-0.4, -0.2) is 69.6 Å². The first-order valence-electron chi connectivity index (χ1n) is 10.9. The van der Waals surface area contributed by atoms with Gasteiger partial charge in [0.25, 0.3) is 0 Å². The molecular formula is C21H27N9OS. The predicted molar refractivity (Wildman–Crippen MR) is 127 cm³/mol. The molecule has 1 unspecified atom stereocenters. The molecule has 2 aliphatic rings. The van der Waals surface area contributed by atoms with Crippen molar-refractivity contribution >= 4 is 51.0 Å². The number of piperazine rings is 1. The van der Waals surface area contributed by atoms with Crippen LogP contribution in [0, 0.1) is 6.92 Å². The Hall–Kier alpha value is -3.21. The van der Waals surface area contributed by atoms with Gasteiger partial charge in [-0.05, 0) is 38.8 Å². The van der Waals surface area contributed by atoms with E-state index < -0.39 is 0 Å². The third-order valence-corrected chi connectivity index (χ3v) is 6.85. The molecule has 10 nitrogen and oxygen atoms in total. The molecule has 1 atom stereocenters. The summed E-state index contributed by atoms with van der Waals surface area (Å²) >= 11 is 1.45. The van der Waals surface area contributed by atoms with Crippen LogP contribution in [-0.2, 0) is 0 Å². The Kier molecular flexibility index (Phi) is 5.41. The van der Waals surface area contributed by atoms with Crippen molar-refractivity contribution in [1.82, 2.24) is 24.8 Å². The fourth-order valence-electron chi connectivity index (χ4n) is 4.42. The number of amides is 2. The molecular weight excluding hydrogens is 426 g/mol. The Balaban J connectivity index is 1.26. The van der Waals surface area contributed by atoms with Crippen LogP contribution in [0.5, 0.6) is 0 Å². The molecule has 2 saturated heterocycles. The number of pyridine rings is 1. The van der Waals surface area contributed by atoms with Gasteiger partial charge < -0.3 is 25.8 Å². The van der Waals surface area contributed by atoms with Gasteiger partial charge in [-0.2, -0.15) is 4.98 Å². The molecule has 3 aromatic heterocycles. The zero-order valence-corrected chi connectivity index (χ0v) is 19.1. The van der Waals surface area contributed by atoms with E-state index in [9.17, 15) is 4.79 Å². The summed E-state index contributed by atoms with van der Waals surface area (Å²) in [6.07, 6.45) is 2.41. The molecule has 0 spiro atoms. The van der Waals surface area contributed by atoms with E-state index in [2.05, 4.69) is 37.0 Å². The number of anilines is 4. The van der Waals surface area contributed by atoms with Crippen LogP contribution in [0.1, 0.15) is 25.5 Å². The molecule has 0 aromatic carbocycles. The molecule has 0 bridgehead atoms. The number of nitrogens with one attached hydrogen (secondary N) is 1. The maximum Gasteiger partial charge on any atom is 0.322 e. The summed E-state index contributed by atoms with van der Waals surface area (Å²) in [5.74, 6) is 1.96. The van der Waals surface area contributed by atoms with Gasteiger partial charge in [0.15, 0.2) is 10.6 Å². The molecule has 2 aliphatic heterocycles. The molecule has 11 heteroatoms. The van der Waals surface area contributed by atoms with Gasteiger partial charge >= 0.3 is 6.03 Å². The number of nitrogens with zero attached hydrogens (tertiary/aromatic N) is 7. The van der Waals surface area contributed by atoms with Gasteiger partial charge in [-0.15, -0.1) is 11.3 Å². The number of fused-ring (bicyclic) bond motifs is 1. The van der Waals surface area contributed by atoms with Gasteiger partial charge in [0.1, 0.15) is 11.3 Å². The van der Waals surface area contributed by atoms with Crippen molar-refractivity contribution in [3.05, 3.63) is 23.3 Å². The van der Waals surface area contributed by atoms with E-state index in [0.717, 1.165) is 46.5 Å².